The van der Waals surface area contributed by atoms with E-state index in [4.69, 9.17) is 4.74 Å². The molecule has 2 aromatic heterocycles. The Kier molecular flexibility index (Phi) is 5.13. The number of fused-ring (bicyclic) bond motifs is 1. The summed E-state index contributed by atoms with van der Waals surface area (Å²) in [5, 5.41) is 4.08. The quantitative estimate of drug-likeness (QED) is 0.635. The predicted octanol–water partition coefficient (Wildman–Crippen LogP) is 2.68. The lowest BCUT2D eigenvalue weighted by Crippen LogP contribution is -2.31. The third kappa shape index (κ3) is 3.72. The van der Waals surface area contributed by atoms with Crippen LogP contribution in [0.4, 0.5) is 5.69 Å². The second kappa shape index (κ2) is 8.11. The van der Waals surface area contributed by atoms with Gasteiger partial charge in [0.2, 0.25) is 5.91 Å². The zero-order valence-corrected chi connectivity index (χ0v) is 18.2. The Hall–Kier alpha value is -3.68. The van der Waals surface area contributed by atoms with Gasteiger partial charge in [0.1, 0.15) is 11.9 Å². The van der Waals surface area contributed by atoms with Crippen molar-refractivity contribution in [1.82, 2.24) is 19.7 Å². The molecule has 32 heavy (non-hydrogen) atoms. The number of hydrogen-bond donors (Lipinski definition) is 0. The molecule has 1 fully saturated rings. The van der Waals surface area contributed by atoms with E-state index in [0.29, 0.717) is 30.8 Å². The summed E-state index contributed by atoms with van der Waals surface area (Å²) in [5.74, 6) is 0.750. The molecule has 1 aromatic carbocycles. The van der Waals surface area contributed by atoms with Gasteiger partial charge in [-0.15, -0.1) is 0 Å². The number of anilines is 1. The van der Waals surface area contributed by atoms with Crippen LogP contribution in [0.1, 0.15) is 28.8 Å². The number of aromatic nitrogens is 3. The number of ether oxygens (including phenoxy) is 1. The van der Waals surface area contributed by atoms with Gasteiger partial charge in [-0.1, -0.05) is 18.2 Å². The van der Waals surface area contributed by atoms with E-state index in [1.54, 1.807) is 46.3 Å². The highest BCUT2D eigenvalue weighted by molar-refractivity contribution is 6.00. The van der Waals surface area contributed by atoms with Crippen molar-refractivity contribution in [2.24, 2.45) is 7.05 Å². The minimum Gasteiger partial charge on any atom is -0.487 e. The summed E-state index contributed by atoms with van der Waals surface area (Å²) in [7, 11) is 3.62. The van der Waals surface area contributed by atoms with Crippen LogP contribution < -0.4 is 9.64 Å². The average molecular weight is 431 g/mol. The molecule has 3 aromatic rings. The lowest BCUT2D eigenvalue weighted by molar-refractivity contribution is -0.118. The molecule has 0 N–H and O–H groups in total. The van der Waals surface area contributed by atoms with E-state index < -0.39 is 0 Å². The van der Waals surface area contributed by atoms with E-state index in [-0.39, 0.29) is 17.9 Å². The summed E-state index contributed by atoms with van der Waals surface area (Å²) < 4.78 is 7.82. The van der Waals surface area contributed by atoms with Crippen LogP contribution in [-0.4, -0.2) is 57.7 Å². The van der Waals surface area contributed by atoms with E-state index in [9.17, 15) is 9.59 Å². The van der Waals surface area contributed by atoms with Crippen LogP contribution in [-0.2, 0) is 18.3 Å². The topological polar surface area (TPSA) is 80.6 Å². The molecule has 0 saturated carbocycles. The maximum atomic E-state index is 12.7. The summed E-state index contributed by atoms with van der Waals surface area (Å²) in [6.07, 6.45) is 8.75. The molecular formula is C24H25N5O3. The number of para-hydroxylation sites is 1. The monoisotopic (exact) mass is 431 g/mol. The third-order valence-corrected chi connectivity index (χ3v) is 6.15. The normalized spacial score (nSPS) is 18.1. The van der Waals surface area contributed by atoms with Gasteiger partial charge in [0.25, 0.3) is 5.91 Å². The summed E-state index contributed by atoms with van der Waals surface area (Å²) >= 11 is 0. The smallest absolute Gasteiger partial charge is 0.257 e. The number of hydrogen-bond acceptors (Lipinski definition) is 5. The zero-order valence-electron chi connectivity index (χ0n) is 18.2. The van der Waals surface area contributed by atoms with Crippen LogP contribution in [0.5, 0.6) is 5.75 Å². The predicted molar refractivity (Wildman–Crippen MR) is 120 cm³/mol. The van der Waals surface area contributed by atoms with Crippen molar-refractivity contribution in [2.45, 2.75) is 25.4 Å². The van der Waals surface area contributed by atoms with Gasteiger partial charge >= 0.3 is 0 Å². The van der Waals surface area contributed by atoms with E-state index in [1.165, 1.54) is 0 Å². The number of benzene rings is 1. The average Bonchev–Trinajstić information content (AvgIpc) is 3.45. The zero-order chi connectivity index (χ0) is 22.2. The highest BCUT2D eigenvalue weighted by Crippen LogP contribution is 2.37. The molecule has 164 valence electrons. The standard InChI is InChI=1S/C24H25N5O3/c1-27-14-18(12-26-27)24(31)29-9-8-19(15-29)32-20-10-17(11-25-13-20)21-5-3-4-16-6-7-22(30)28(2)23(16)21/h3-5,10-14,19H,6-9,15H2,1-2H3/t19-/m0/s1. The summed E-state index contributed by atoms with van der Waals surface area (Å²) in [6.45, 7) is 1.17. The SMILES string of the molecule is CN1C(=O)CCc2cccc(-c3cncc(O[C@H]4CCN(C(=O)c5cnn(C)c5)C4)c3)c21. The van der Waals surface area contributed by atoms with Gasteiger partial charge in [0.05, 0.1) is 30.2 Å². The van der Waals surface area contributed by atoms with Crippen molar-refractivity contribution in [3.63, 3.8) is 0 Å². The first-order chi connectivity index (χ1) is 15.5. The summed E-state index contributed by atoms with van der Waals surface area (Å²) in [4.78, 5) is 32.9. The van der Waals surface area contributed by atoms with Crippen molar-refractivity contribution < 1.29 is 14.3 Å². The van der Waals surface area contributed by atoms with Crippen LogP contribution >= 0.6 is 0 Å². The minimum atomic E-state index is -0.0957. The Morgan fingerprint density at radius 3 is 2.84 bits per heavy atom. The molecular weight excluding hydrogens is 406 g/mol. The van der Waals surface area contributed by atoms with Crippen molar-refractivity contribution in [2.75, 3.05) is 25.0 Å². The first-order valence-corrected chi connectivity index (χ1v) is 10.8. The van der Waals surface area contributed by atoms with Crippen molar-refractivity contribution in [3.05, 3.63) is 60.2 Å². The number of likely N-dealkylation sites (tertiary alicyclic amines) is 1. The van der Waals surface area contributed by atoms with Crippen LogP contribution in [0.2, 0.25) is 0 Å². The number of rotatable bonds is 4. The Labute approximate surface area is 186 Å². The van der Waals surface area contributed by atoms with Crippen molar-refractivity contribution in [1.29, 1.82) is 0 Å². The van der Waals surface area contributed by atoms with Gasteiger partial charge in [-0.25, -0.2) is 0 Å². The molecule has 2 amide bonds. The van der Waals surface area contributed by atoms with E-state index in [1.807, 2.05) is 25.2 Å². The fraction of sp³-hybridized carbons (Fsp3) is 0.333. The lowest BCUT2D eigenvalue weighted by Gasteiger charge is -2.28. The van der Waals surface area contributed by atoms with Crippen LogP contribution in [0, 0.1) is 0 Å². The Morgan fingerprint density at radius 2 is 2.03 bits per heavy atom. The number of aryl methyl sites for hydroxylation is 2. The fourth-order valence-electron chi connectivity index (χ4n) is 4.50. The van der Waals surface area contributed by atoms with Crippen LogP contribution in [0.15, 0.2) is 49.1 Å². The Morgan fingerprint density at radius 1 is 1.16 bits per heavy atom. The molecule has 2 aliphatic heterocycles. The molecule has 1 atom stereocenters. The van der Waals surface area contributed by atoms with Crippen LogP contribution in [0.25, 0.3) is 11.1 Å². The van der Waals surface area contributed by atoms with E-state index in [0.717, 1.165) is 35.2 Å². The molecule has 0 radical (unpaired) electrons. The van der Waals surface area contributed by atoms with Gasteiger partial charge in [-0.3, -0.25) is 19.3 Å². The third-order valence-electron chi connectivity index (χ3n) is 6.15. The number of nitrogens with zero attached hydrogens (tertiary/aromatic N) is 5. The number of amides is 2. The highest BCUT2D eigenvalue weighted by atomic mass is 16.5. The first-order valence-electron chi connectivity index (χ1n) is 10.8. The number of carbonyl (C=O) groups excluding carboxylic acids is 2. The molecule has 0 bridgehead atoms. The van der Waals surface area contributed by atoms with Gasteiger partial charge in [-0.05, 0) is 18.1 Å². The van der Waals surface area contributed by atoms with Crippen molar-refractivity contribution in [3.8, 4) is 16.9 Å². The summed E-state index contributed by atoms with van der Waals surface area (Å²) in [6, 6.07) is 8.06. The number of carbonyl (C=O) groups is 2. The van der Waals surface area contributed by atoms with Gasteiger partial charge in [0.15, 0.2) is 0 Å². The van der Waals surface area contributed by atoms with Gasteiger partial charge < -0.3 is 14.5 Å². The molecule has 0 spiro atoms. The lowest BCUT2D eigenvalue weighted by atomic mass is 9.94. The minimum absolute atomic E-state index is 0.0281. The summed E-state index contributed by atoms with van der Waals surface area (Å²) in [5.41, 5.74) is 4.57. The molecule has 5 rings (SSSR count). The second-order valence-corrected chi connectivity index (χ2v) is 8.36. The number of pyridine rings is 1. The van der Waals surface area contributed by atoms with E-state index >= 15 is 0 Å². The van der Waals surface area contributed by atoms with E-state index in [2.05, 4.69) is 16.1 Å². The molecule has 0 unspecified atom stereocenters. The Bertz CT molecular complexity index is 1190. The molecule has 8 heteroatoms. The second-order valence-electron chi connectivity index (χ2n) is 8.36. The largest absolute Gasteiger partial charge is 0.487 e. The molecule has 4 heterocycles. The first kappa shape index (κ1) is 20.2. The van der Waals surface area contributed by atoms with Gasteiger partial charge in [-0.2, -0.15) is 5.10 Å². The van der Waals surface area contributed by atoms with Crippen LogP contribution in [0.3, 0.4) is 0 Å². The Balaban J connectivity index is 1.33. The maximum absolute atomic E-state index is 12.7. The van der Waals surface area contributed by atoms with Crippen molar-refractivity contribution >= 4 is 17.5 Å². The maximum Gasteiger partial charge on any atom is 0.257 e. The fourth-order valence-corrected chi connectivity index (χ4v) is 4.50. The molecule has 8 nitrogen and oxygen atoms in total. The molecule has 0 aliphatic carbocycles. The molecule has 2 aliphatic rings. The van der Waals surface area contributed by atoms with Gasteiger partial charge in [0, 0.05) is 57.0 Å². The highest BCUT2D eigenvalue weighted by Gasteiger charge is 2.29. The molecule has 1 saturated heterocycles.